The maximum Gasteiger partial charge on any atom is 0.306 e. The van der Waals surface area contributed by atoms with Crippen molar-refractivity contribution in [3.05, 3.63) is 85.1 Å². The topological polar surface area (TPSA) is 78.9 Å². The van der Waals surface area contributed by atoms with E-state index in [2.05, 4.69) is 106 Å². The molecule has 0 rings (SSSR count). The molecule has 426 valence electrons. The standard InChI is InChI=1S/C68H118O6/c1-4-7-10-13-16-19-22-25-28-29-30-31-32-33-34-35-36-37-38-39-41-43-46-49-52-55-58-61-67(70)73-64-65(63-72-66(69)60-57-54-51-48-45-42-27-24-21-18-15-12-9-6-3)74-68(71)62-59-56-53-50-47-44-40-26-23-20-17-14-11-8-5-2/h7,10,16,19,24-28,30-31,33-34,40,65H,4-6,8-9,11-15,17-18,20-23,29,32,35-39,41-64H2,1-3H3/b10-7-,19-16-,27-24-,28-25-,31-30-,34-33-,40-26-. The predicted molar refractivity (Wildman–Crippen MR) is 321 cm³/mol. The van der Waals surface area contributed by atoms with Gasteiger partial charge in [0.15, 0.2) is 6.10 Å². The van der Waals surface area contributed by atoms with Crippen molar-refractivity contribution in [2.45, 2.75) is 316 Å². The van der Waals surface area contributed by atoms with Crippen LogP contribution in [0, 0.1) is 0 Å². The zero-order chi connectivity index (χ0) is 53.6. The number of unbranched alkanes of at least 4 members (excludes halogenated alkanes) is 32. The van der Waals surface area contributed by atoms with Gasteiger partial charge in [0.1, 0.15) is 13.2 Å². The highest BCUT2D eigenvalue weighted by Crippen LogP contribution is 2.16. The fourth-order valence-electron chi connectivity index (χ4n) is 8.87. The van der Waals surface area contributed by atoms with Crippen LogP contribution in [0.1, 0.15) is 310 Å². The first-order chi connectivity index (χ1) is 36.5. The molecule has 1 unspecified atom stereocenters. The highest BCUT2D eigenvalue weighted by Gasteiger charge is 2.19. The van der Waals surface area contributed by atoms with Crippen LogP contribution in [0.4, 0.5) is 0 Å². The van der Waals surface area contributed by atoms with Gasteiger partial charge in [-0.3, -0.25) is 14.4 Å². The summed E-state index contributed by atoms with van der Waals surface area (Å²) in [6.45, 7) is 6.52. The van der Waals surface area contributed by atoms with Gasteiger partial charge in [-0.2, -0.15) is 0 Å². The number of esters is 3. The Balaban J connectivity index is 4.29. The van der Waals surface area contributed by atoms with E-state index in [-0.39, 0.29) is 31.1 Å². The van der Waals surface area contributed by atoms with Crippen LogP contribution >= 0.6 is 0 Å². The number of ether oxygens (including phenoxy) is 3. The summed E-state index contributed by atoms with van der Waals surface area (Å²) in [7, 11) is 0. The molecule has 6 heteroatoms. The Labute approximate surface area is 458 Å². The minimum Gasteiger partial charge on any atom is -0.462 e. The lowest BCUT2D eigenvalue weighted by Gasteiger charge is -2.18. The van der Waals surface area contributed by atoms with Gasteiger partial charge in [0.2, 0.25) is 0 Å². The van der Waals surface area contributed by atoms with Gasteiger partial charge < -0.3 is 14.2 Å². The van der Waals surface area contributed by atoms with Gasteiger partial charge in [-0.15, -0.1) is 0 Å². The van der Waals surface area contributed by atoms with E-state index in [0.717, 1.165) is 109 Å². The summed E-state index contributed by atoms with van der Waals surface area (Å²) in [6.07, 6.45) is 81.5. The van der Waals surface area contributed by atoms with Crippen LogP contribution in [0.3, 0.4) is 0 Å². The SMILES string of the molecule is CC/C=C\C/C=C\C/C=C\C/C=C\C/C=C\CCCCCCCCCCCCCC(=O)OCC(COC(=O)CCCCCCC/C=C\CCCCCCC)OC(=O)CCCCCCC/C=C\CCCCCCCC. The third-order valence-electron chi connectivity index (χ3n) is 13.6. The van der Waals surface area contributed by atoms with E-state index in [4.69, 9.17) is 14.2 Å². The van der Waals surface area contributed by atoms with Gasteiger partial charge in [0, 0.05) is 19.3 Å². The van der Waals surface area contributed by atoms with E-state index in [1.54, 1.807) is 0 Å². The number of rotatable bonds is 57. The van der Waals surface area contributed by atoms with Crippen molar-refractivity contribution >= 4 is 17.9 Å². The van der Waals surface area contributed by atoms with Gasteiger partial charge in [-0.1, -0.05) is 260 Å². The van der Waals surface area contributed by atoms with Crippen molar-refractivity contribution in [2.75, 3.05) is 13.2 Å². The largest absolute Gasteiger partial charge is 0.462 e. The number of hydrogen-bond acceptors (Lipinski definition) is 6. The average molecular weight is 1030 g/mol. The summed E-state index contributed by atoms with van der Waals surface area (Å²) in [5.74, 6) is -0.891. The van der Waals surface area contributed by atoms with Gasteiger partial charge in [0.25, 0.3) is 0 Å². The first-order valence-corrected chi connectivity index (χ1v) is 31.6. The second-order valence-corrected chi connectivity index (χ2v) is 20.9. The van der Waals surface area contributed by atoms with Crippen LogP contribution in [-0.2, 0) is 28.6 Å². The summed E-state index contributed by atoms with van der Waals surface area (Å²) >= 11 is 0. The fourth-order valence-corrected chi connectivity index (χ4v) is 8.87. The Kier molecular flexibility index (Phi) is 59.3. The highest BCUT2D eigenvalue weighted by molar-refractivity contribution is 5.71. The maximum absolute atomic E-state index is 12.9. The van der Waals surface area contributed by atoms with Crippen LogP contribution in [0.5, 0.6) is 0 Å². The van der Waals surface area contributed by atoms with Crippen LogP contribution in [0.2, 0.25) is 0 Å². The monoisotopic (exact) mass is 1030 g/mol. The third kappa shape index (κ3) is 59.5. The Morgan fingerprint density at radius 1 is 0.284 bits per heavy atom. The molecule has 0 aromatic rings. The average Bonchev–Trinajstić information content (AvgIpc) is 3.40. The molecule has 0 aliphatic carbocycles. The zero-order valence-electron chi connectivity index (χ0n) is 48.8. The summed E-state index contributed by atoms with van der Waals surface area (Å²) in [6, 6.07) is 0. The molecule has 0 radical (unpaired) electrons. The molecule has 0 saturated heterocycles. The van der Waals surface area contributed by atoms with Gasteiger partial charge in [-0.25, -0.2) is 0 Å². The molecule has 0 aromatic carbocycles. The molecule has 0 fully saturated rings. The number of carbonyl (C=O) groups excluding carboxylic acids is 3. The van der Waals surface area contributed by atoms with Gasteiger partial charge in [-0.05, 0) is 116 Å². The predicted octanol–water partition coefficient (Wildman–Crippen LogP) is 21.5. The normalized spacial score (nSPS) is 12.6. The molecule has 0 aromatic heterocycles. The van der Waals surface area contributed by atoms with E-state index < -0.39 is 6.10 Å². The van der Waals surface area contributed by atoms with E-state index in [1.807, 2.05) is 0 Å². The first kappa shape index (κ1) is 70.6. The molecule has 0 aliphatic heterocycles. The summed E-state index contributed by atoms with van der Waals surface area (Å²) < 4.78 is 16.9. The molecule has 0 bridgehead atoms. The molecule has 0 aliphatic rings. The van der Waals surface area contributed by atoms with E-state index in [9.17, 15) is 14.4 Å². The van der Waals surface area contributed by atoms with Gasteiger partial charge in [0.05, 0.1) is 0 Å². The molecule has 74 heavy (non-hydrogen) atoms. The zero-order valence-corrected chi connectivity index (χ0v) is 48.8. The van der Waals surface area contributed by atoms with Crippen LogP contribution in [0.15, 0.2) is 85.1 Å². The molecule has 0 amide bonds. The smallest absolute Gasteiger partial charge is 0.306 e. The second-order valence-electron chi connectivity index (χ2n) is 20.9. The fraction of sp³-hybridized carbons (Fsp3) is 0.750. The quantitative estimate of drug-likeness (QED) is 0.0261. The molecule has 0 spiro atoms. The van der Waals surface area contributed by atoms with Crippen LogP contribution in [0.25, 0.3) is 0 Å². The van der Waals surface area contributed by atoms with Gasteiger partial charge >= 0.3 is 17.9 Å². The summed E-state index contributed by atoms with van der Waals surface area (Å²) in [4.78, 5) is 38.3. The van der Waals surface area contributed by atoms with E-state index >= 15 is 0 Å². The maximum atomic E-state index is 12.9. The third-order valence-corrected chi connectivity index (χ3v) is 13.6. The Morgan fingerprint density at radius 3 is 0.838 bits per heavy atom. The van der Waals surface area contributed by atoms with E-state index in [0.29, 0.717) is 19.3 Å². The van der Waals surface area contributed by atoms with Crippen molar-refractivity contribution in [1.29, 1.82) is 0 Å². The first-order valence-electron chi connectivity index (χ1n) is 31.6. The number of hydrogen-bond donors (Lipinski definition) is 0. The van der Waals surface area contributed by atoms with Crippen LogP contribution in [-0.4, -0.2) is 37.2 Å². The minimum absolute atomic E-state index is 0.0824. The molecule has 6 nitrogen and oxygen atoms in total. The Bertz CT molecular complexity index is 1420. The van der Waals surface area contributed by atoms with Crippen molar-refractivity contribution in [2.24, 2.45) is 0 Å². The number of allylic oxidation sites excluding steroid dienone is 14. The molecule has 0 N–H and O–H groups in total. The van der Waals surface area contributed by atoms with Crippen molar-refractivity contribution in [3.8, 4) is 0 Å². The lowest BCUT2D eigenvalue weighted by Crippen LogP contribution is -2.30. The lowest BCUT2D eigenvalue weighted by molar-refractivity contribution is -0.167. The Morgan fingerprint density at radius 2 is 0.527 bits per heavy atom. The van der Waals surface area contributed by atoms with Crippen molar-refractivity contribution in [1.82, 2.24) is 0 Å². The van der Waals surface area contributed by atoms with Crippen molar-refractivity contribution in [3.63, 3.8) is 0 Å². The Hall–Kier alpha value is -3.41. The lowest BCUT2D eigenvalue weighted by atomic mass is 10.0. The molecule has 1 atom stereocenters. The minimum atomic E-state index is -0.785. The van der Waals surface area contributed by atoms with E-state index in [1.165, 1.54) is 161 Å². The summed E-state index contributed by atoms with van der Waals surface area (Å²) in [5.41, 5.74) is 0. The second kappa shape index (κ2) is 62.1. The van der Waals surface area contributed by atoms with Crippen molar-refractivity contribution < 1.29 is 28.6 Å². The number of carbonyl (C=O) groups is 3. The molecule has 0 saturated carbocycles. The molecular formula is C68H118O6. The van der Waals surface area contributed by atoms with Crippen LogP contribution < -0.4 is 0 Å². The molecule has 0 heterocycles. The molecular weight excluding hydrogens is 913 g/mol. The highest BCUT2D eigenvalue weighted by atomic mass is 16.6. The summed E-state index contributed by atoms with van der Waals surface area (Å²) in [5, 5.41) is 0.